The Morgan fingerprint density at radius 2 is 2.07 bits per heavy atom. The highest BCUT2D eigenvalue weighted by Crippen LogP contribution is 2.27. The molecule has 1 aromatic heterocycles. The first-order chi connectivity index (χ1) is 14.0. The lowest BCUT2D eigenvalue weighted by atomic mass is 10.1. The average molecular weight is 435 g/mol. The topological polar surface area (TPSA) is 88.3 Å². The van der Waals surface area contributed by atoms with E-state index in [1.807, 2.05) is 12.1 Å². The molecule has 1 fully saturated rings. The van der Waals surface area contributed by atoms with Crippen LogP contribution in [0.5, 0.6) is 0 Å². The van der Waals surface area contributed by atoms with Gasteiger partial charge < -0.3 is 9.74 Å². The number of benzene rings is 1. The number of amides is 1. The SMILES string of the molecule is O=C(C1CC(c2ccc(Cl)s2)=NO1)N1CCN(Cc2cccc([N+](=O)[O-])c2)CC1. The summed E-state index contributed by atoms with van der Waals surface area (Å²) in [5.74, 6) is -0.0543. The molecule has 1 aromatic carbocycles. The molecule has 1 atom stereocenters. The molecule has 0 radical (unpaired) electrons. The number of nitro benzene ring substituents is 1. The van der Waals surface area contributed by atoms with E-state index in [2.05, 4.69) is 10.1 Å². The third kappa shape index (κ3) is 4.58. The molecule has 1 unspecified atom stereocenters. The fourth-order valence-electron chi connectivity index (χ4n) is 3.48. The lowest BCUT2D eigenvalue weighted by molar-refractivity contribution is -0.384. The lowest BCUT2D eigenvalue weighted by Crippen LogP contribution is -2.51. The van der Waals surface area contributed by atoms with Gasteiger partial charge >= 0.3 is 0 Å². The number of carbonyl (C=O) groups is 1. The molecule has 4 rings (SSSR count). The molecule has 0 N–H and O–H groups in total. The van der Waals surface area contributed by atoms with Crippen molar-refractivity contribution in [3.8, 4) is 0 Å². The molecule has 8 nitrogen and oxygen atoms in total. The van der Waals surface area contributed by atoms with Crippen molar-refractivity contribution in [1.82, 2.24) is 9.80 Å². The third-order valence-corrected chi connectivity index (χ3v) is 6.29. The van der Waals surface area contributed by atoms with Gasteiger partial charge in [-0.15, -0.1) is 11.3 Å². The number of carbonyl (C=O) groups excluding carboxylic acids is 1. The van der Waals surface area contributed by atoms with Crippen molar-refractivity contribution in [3.63, 3.8) is 0 Å². The van der Waals surface area contributed by atoms with Gasteiger partial charge in [-0.05, 0) is 17.7 Å². The van der Waals surface area contributed by atoms with Gasteiger partial charge in [-0.2, -0.15) is 0 Å². The van der Waals surface area contributed by atoms with Crippen LogP contribution in [0.2, 0.25) is 4.34 Å². The normalized spacial score (nSPS) is 19.7. The molecule has 0 bridgehead atoms. The van der Waals surface area contributed by atoms with E-state index in [1.54, 1.807) is 23.1 Å². The fourth-order valence-corrected chi connectivity index (χ4v) is 4.51. The second-order valence-electron chi connectivity index (χ2n) is 6.97. The molecule has 2 aliphatic heterocycles. The van der Waals surface area contributed by atoms with Crippen LogP contribution >= 0.6 is 22.9 Å². The summed E-state index contributed by atoms with van der Waals surface area (Å²) >= 11 is 7.38. The van der Waals surface area contributed by atoms with E-state index in [0.29, 0.717) is 43.5 Å². The quantitative estimate of drug-likeness (QED) is 0.532. The Balaban J connectivity index is 1.28. The fraction of sp³-hybridized carbons (Fsp3) is 0.368. The van der Waals surface area contributed by atoms with E-state index < -0.39 is 6.10 Å². The Morgan fingerprint density at radius 1 is 1.28 bits per heavy atom. The molecule has 1 saturated heterocycles. The van der Waals surface area contributed by atoms with E-state index in [-0.39, 0.29) is 16.5 Å². The molecule has 29 heavy (non-hydrogen) atoms. The summed E-state index contributed by atoms with van der Waals surface area (Å²) in [5, 5.41) is 15.0. The minimum absolute atomic E-state index is 0.0543. The highest BCUT2D eigenvalue weighted by Gasteiger charge is 2.34. The van der Waals surface area contributed by atoms with Crippen molar-refractivity contribution in [3.05, 3.63) is 61.3 Å². The van der Waals surface area contributed by atoms with Gasteiger partial charge in [-0.3, -0.25) is 19.8 Å². The minimum atomic E-state index is -0.589. The van der Waals surface area contributed by atoms with Gasteiger partial charge in [0.15, 0.2) is 0 Å². The number of non-ortho nitro benzene ring substituents is 1. The molecule has 0 spiro atoms. The van der Waals surface area contributed by atoms with Gasteiger partial charge in [0.25, 0.3) is 11.6 Å². The van der Waals surface area contributed by atoms with Crippen LogP contribution in [0.1, 0.15) is 16.9 Å². The zero-order valence-electron chi connectivity index (χ0n) is 15.5. The second kappa shape index (κ2) is 8.48. The van der Waals surface area contributed by atoms with Crippen molar-refractivity contribution in [2.45, 2.75) is 19.1 Å². The standard InChI is InChI=1S/C19H19ClN4O4S/c20-18-5-4-17(29-18)15-11-16(28-21-15)19(25)23-8-6-22(7-9-23)12-13-2-1-3-14(10-13)24(26)27/h1-5,10,16H,6-9,11-12H2. The van der Waals surface area contributed by atoms with E-state index in [4.69, 9.17) is 16.4 Å². The predicted molar refractivity (Wildman–Crippen MR) is 110 cm³/mol. The smallest absolute Gasteiger partial charge is 0.269 e. The minimum Gasteiger partial charge on any atom is -0.382 e. The third-order valence-electron chi connectivity index (χ3n) is 5.01. The predicted octanol–water partition coefficient (Wildman–Crippen LogP) is 3.15. The Kier molecular flexibility index (Phi) is 5.79. The number of thiophene rings is 1. The Bertz CT molecular complexity index is 955. The van der Waals surface area contributed by atoms with Crippen LogP contribution in [-0.2, 0) is 16.2 Å². The molecule has 0 saturated carbocycles. The first-order valence-electron chi connectivity index (χ1n) is 9.22. The average Bonchev–Trinajstić information content (AvgIpc) is 3.37. The lowest BCUT2D eigenvalue weighted by Gasteiger charge is -2.35. The first kappa shape index (κ1) is 19.8. The summed E-state index contributed by atoms with van der Waals surface area (Å²) in [5.41, 5.74) is 1.74. The summed E-state index contributed by atoms with van der Waals surface area (Å²) in [6, 6.07) is 10.4. The number of hydrogen-bond donors (Lipinski definition) is 0. The molecule has 152 valence electrons. The maximum atomic E-state index is 12.8. The Hall–Kier alpha value is -2.49. The van der Waals surface area contributed by atoms with Crippen LogP contribution in [0.4, 0.5) is 5.69 Å². The van der Waals surface area contributed by atoms with E-state index in [0.717, 1.165) is 16.2 Å². The van der Waals surface area contributed by atoms with Gasteiger partial charge in [-0.1, -0.05) is 28.9 Å². The summed E-state index contributed by atoms with van der Waals surface area (Å²) in [7, 11) is 0. The van der Waals surface area contributed by atoms with Crippen LogP contribution in [0.15, 0.2) is 41.6 Å². The number of halogens is 1. The number of hydrogen-bond acceptors (Lipinski definition) is 7. The van der Waals surface area contributed by atoms with Crippen LogP contribution in [0, 0.1) is 10.1 Å². The van der Waals surface area contributed by atoms with E-state index in [9.17, 15) is 14.9 Å². The van der Waals surface area contributed by atoms with Gasteiger partial charge in [0.05, 0.1) is 14.1 Å². The number of piperazine rings is 1. The maximum Gasteiger partial charge on any atom is 0.269 e. The van der Waals surface area contributed by atoms with Crippen molar-refractivity contribution in [1.29, 1.82) is 0 Å². The first-order valence-corrected chi connectivity index (χ1v) is 10.4. The van der Waals surface area contributed by atoms with Crippen molar-refractivity contribution in [2.75, 3.05) is 26.2 Å². The summed E-state index contributed by atoms with van der Waals surface area (Å²) in [6.07, 6.45) is -0.141. The molecule has 2 aliphatic rings. The van der Waals surface area contributed by atoms with Crippen LogP contribution in [0.25, 0.3) is 0 Å². The van der Waals surface area contributed by atoms with E-state index >= 15 is 0 Å². The van der Waals surface area contributed by atoms with Gasteiger partial charge in [0.2, 0.25) is 6.10 Å². The Labute approximate surface area is 176 Å². The summed E-state index contributed by atoms with van der Waals surface area (Å²) in [4.78, 5) is 33.6. The number of nitro groups is 1. The van der Waals surface area contributed by atoms with E-state index in [1.165, 1.54) is 17.4 Å². The zero-order valence-corrected chi connectivity index (χ0v) is 17.1. The molecule has 10 heteroatoms. The van der Waals surface area contributed by atoms with Crippen LogP contribution in [-0.4, -0.2) is 58.6 Å². The number of rotatable bonds is 5. The van der Waals surface area contributed by atoms with Gasteiger partial charge in [0, 0.05) is 51.3 Å². The molecular weight excluding hydrogens is 416 g/mol. The van der Waals surface area contributed by atoms with Crippen LogP contribution in [0.3, 0.4) is 0 Å². The van der Waals surface area contributed by atoms with Gasteiger partial charge in [0.1, 0.15) is 5.71 Å². The number of oxime groups is 1. The monoisotopic (exact) mass is 434 g/mol. The molecular formula is C19H19ClN4O4S. The summed E-state index contributed by atoms with van der Waals surface area (Å²) in [6.45, 7) is 3.21. The summed E-state index contributed by atoms with van der Waals surface area (Å²) < 4.78 is 0.678. The van der Waals surface area contributed by atoms with Crippen molar-refractivity contribution < 1.29 is 14.6 Å². The highest BCUT2D eigenvalue weighted by atomic mass is 35.5. The maximum absolute atomic E-state index is 12.8. The molecule has 0 aliphatic carbocycles. The zero-order chi connectivity index (χ0) is 20.4. The van der Waals surface area contributed by atoms with Crippen LogP contribution < -0.4 is 0 Å². The largest absolute Gasteiger partial charge is 0.382 e. The molecule has 2 aromatic rings. The Morgan fingerprint density at radius 3 is 2.76 bits per heavy atom. The highest BCUT2D eigenvalue weighted by molar-refractivity contribution is 7.18. The number of nitrogens with zero attached hydrogens (tertiary/aromatic N) is 4. The molecule has 3 heterocycles. The van der Waals surface area contributed by atoms with Crippen molar-refractivity contribution in [2.24, 2.45) is 5.16 Å². The van der Waals surface area contributed by atoms with Gasteiger partial charge in [-0.25, -0.2) is 0 Å². The second-order valence-corrected chi connectivity index (χ2v) is 8.68. The molecule has 1 amide bonds. The van der Waals surface area contributed by atoms with Crippen molar-refractivity contribution >= 4 is 40.2 Å².